The van der Waals surface area contributed by atoms with Crippen LogP contribution in [-0.4, -0.2) is 33.5 Å². The summed E-state index contributed by atoms with van der Waals surface area (Å²) in [6, 6.07) is 7.17. The summed E-state index contributed by atoms with van der Waals surface area (Å²) in [6.45, 7) is 2.49. The van der Waals surface area contributed by atoms with E-state index >= 15 is 0 Å². The lowest BCUT2D eigenvalue weighted by Crippen LogP contribution is -2.38. The number of nitrogens with zero attached hydrogens (tertiary/aromatic N) is 3. The molecule has 0 aliphatic carbocycles. The SMILES string of the molecule is Cc1cc(C(=O)Nc2nc3c(s2)CN(C(=O)Nc2ccccc2F)CC3)no1. The van der Waals surface area contributed by atoms with E-state index in [1.54, 1.807) is 24.0 Å². The van der Waals surface area contributed by atoms with Gasteiger partial charge in [0, 0.05) is 23.9 Å². The monoisotopic (exact) mass is 401 g/mol. The van der Waals surface area contributed by atoms with Gasteiger partial charge in [-0.15, -0.1) is 0 Å². The lowest BCUT2D eigenvalue weighted by Gasteiger charge is -2.26. The fourth-order valence-electron chi connectivity index (χ4n) is 2.81. The van der Waals surface area contributed by atoms with Crippen molar-refractivity contribution in [1.29, 1.82) is 0 Å². The normalized spacial score (nSPS) is 13.1. The Morgan fingerprint density at radius 3 is 2.86 bits per heavy atom. The highest BCUT2D eigenvalue weighted by Crippen LogP contribution is 2.29. The summed E-state index contributed by atoms with van der Waals surface area (Å²) in [5.41, 5.74) is 1.15. The van der Waals surface area contributed by atoms with Crippen LogP contribution in [0.25, 0.3) is 0 Å². The molecular weight excluding hydrogens is 385 g/mol. The average molecular weight is 401 g/mol. The molecule has 2 N–H and O–H groups in total. The quantitative estimate of drug-likeness (QED) is 0.700. The number of hydrogen-bond donors (Lipinski definition) is 2. The second kappa shape index (κ2) is 7.39. The minimum absolute atomic E-state index is 0.137. The molecule has 28 heavy (non-hydrogen) atoms. The minimum atomic E-state index is -0.487. The Balaban J connectivity index is 1.42. The second-order valence-corrected chi connectivity index (χ2v) is 7.33. The predicted molar refractivity (Wildman–Crippen MR) is 101 cm³/mol. The van der Waals surface area contributed by atoms with Gasteiger partial charge in [0.1, 0.15) is 11.6 Å². The molecule has 3 aromatic rings. The largest absolute Gasteiger partial charge is 0.361 e. The van der Waals surface area contributed by atoms with Gasteiger partial charge in [-0.3, -0.25) is 10.1 Å². The zero-order chi connectivity index (χ0) is 19.7. The summed E-state index contributed by atoms with van der Waals surface area (Å²) in [6.07, 6.45) is 0.551. The predicted octanol–water partition coefficient (Wildman–Crippen LogP) is 3.42. The van der Waals surface area contributed by atoms with Gasteiger partial charge in [0.2, 0.25) is 0 Å². The van der Waals surface area contributed by atoms with Crippen LogP contribution in [0.1, 0.15) is 26.8 Å². The number of urea groups is 1. The third kappa shape index (κ3) is 3.72. The Labute approximate surface area is 163 Å². The molecule has 0 saturated heterocycles. The first-order valence-corrected chi connectivity index (χ1v) is 9.35. The lowest BCUT2D eigenvalue weighted by atomic mass is 10.2. The maximum absolute atomic E-state index is 13.7. The highest BCUT2D eigenvalue weighted by molar-refractivity contribution is 7.15. The van der Waals surface area contributed by atoms with Crippen molar-refractivity contribution in [3.05, 3.63) is 58.2 Å². The maximum Gasteiger partial charge on any atom is 0.322 e. The summed E-state index contributed by atoms with van der Waals surface area (Å²) in [5, 5.41) is 9.39. The van der Waals surface area contributed by atoms with Crippen LogP contribution in [0.4, 0.5) is 20.0 Å². The molecule has 1 aliphatic rings. The molecule has 0 fully saturated rings. The molecule has 0 bridgehead atoms. The van der Waals surface area contributed by atoms with Crippen molar-refractivity contribution in [2.24, 2.45) is 0 Å². The van der Waals surface area contributed by atoms with Gasteiger partial charge >= 0.3 is 6.03 Å². The summed E-state index contributed by atoms with van der Waals surface area (Å²) in [5.74, 6) is -0.350. The Bertz CT molecular complexity index is 1050. The number of carbonyl (C=O) groups excluding carboxylic acids is 2. The van der Waals surface area contributed by atoms with Crippen LogP contribution in [0.15, 0.2) is 34.9 Å². The Hall–Kier alpha value is -3.27. The van der Waals surface area contributed by atoms with E-state index < -0.39 is 11.7 Å². The van der Waals surface area contributed by atoms with Crippen molar-refractivity contribution in [2.75, 3.05) is 17.2 Å². The number of para-hydroxylation sites is 1. The molecule has 1 aliphatic heterocycles. The third-order valence-corrected chi connectivity index (χ3v) is 5.21. The van der Waals surface area contributed by atoms with Gasteiger partial charge < -0.3 is 14.7 Å². The molecule has 144 valence electrons. The summed E-state index contributed by atoms with van der Waals surface area (Å²) in [7, 11) is 0. The van der Waals surface area contributed by atoms with Gasteiger partial charge in [-0.05, 0) is 19.1 Å². The number of fused-ring (bicyclic) bond motifs is 1. The number of hydrogen-bond acceptors (Lipinski definition) is 6. The number of anilines is 2. The number of aryl methyl sites for hydroxylation is 1. The van der Waals surface area contributed by atoms with Crippen molar-refractivity contribution in [3.8, 4) is 0 Å². The van der Waals surface area contributed by atoms with E-state index in [4.69, 9.17) is 4.52 Å². The van der Waals surface area contributed by atoms with E-state index in [1.807, 2.05) is 0 Å². The third-order valence-electron chi connectivity index (χ3n) is 4.21. The number of halogens is 1. The van der Waals surface area contributed by atoms with E-state index in [9.17, 15) is 14.0 Å². The van der Waals surface area contributed by atoms with Gasteiger partial charge in [-0.1, -0.05) is 28.6 Å². The number of benzene rings is 1. The van der Waals surface area contributed by atoms with E-state index in [1.165, 1.54) is 29.5 Å². The van der Waals surface area contributed by atoms with Gasteiger partial charge in [0.05, 0.1) is 17.9 Å². The van der Waals surface area contributed by atoms with Crippen LogP contribution in [-0.2, 0) is 13.0 Å². The molecule has 2 aromatic heterocycles. The molecule has 0 atom stereocenters. The van der Waals surface area contributed by atoms with Crippen molar-refractivity contribution in [2.45, 2.75) is 19.9 Å². The van der Waals surface area contributed by atoms with Crippen molar-refractivity contribution in [1.82, 2.24) is 15.0 Å². The molecule has 4 rings (SSSR count). The number of amides is 3. The minimum Gasteiger partial charge on any atom is -0.361 e. The molecular formula is C18H16FN5O3S. The van der Waals surface area contributed by atoms with Crippen LogP contribution in [0.3, 0.4) is 0 Å². The number of carbonyl (C=O) groups is 2. The Morgan fingerprint density at radius 1 is 1.29 bits per heavy atom. The lowest BCUT2D eigenvalue weighted by molar-refractivity contribution is 0.101. The topological polar surface area (TPSA) is 100 Å². The summed E-state index contributed by atoms with van der Waals surface area (Å²) in [4.78, 5) is 31.5. The zero-order valence-corrected chi connectivity index (χ0v) is 15.7. The first-order chi connectivity index (χ1) is 13.5. The van der Waals surface area contributed by atoms with Crippen molar-refractivity contribution >= 4 is 34.1 Å². The maximum atomic E-state index is 13.7. The smallest absolute Gasteiger partial charge is 0.322 e. The van der Waals surface area contributed by atoms with E-state index in [2.05, 4.69) is 20.8 Å². The second-order valence-electron chi connectivity index (χ2n) is 6.25. The molecule has 0 saturated carbocycles. The van der Waals surface area contributed by atoms with Crippen LogP contribution in [0.5, 0.6) is 0 Å². The number of nitrogens with one attached hydrogen (secondary N) is 2. The molecule has 0 unspecified atom stereocenters. The number of thiazole rings is 1. The van der Waals surface area contributed by atoms with E-state index in [0.29, 0.717) is 30.4 Å². The fraction of sp³-hybridized carbons (Fsp3) is 0.222. The number of rotatable bonds is 3. The first-order valence-electron chi connectivity index (χ1n) is 8.53. The molecule has 3 amide bonds. The summed E-state index contributed by atoms with van der Waals surface area (Å²) >= 11 is 1.30. The fourth-order valence-corrected chi connectivity index (χ4v) is 3.83. The van der Waals surface area contributed by atoms with Gasteiger partial charge in [0.25, 0.3) is 5.91 Å². The van der Waals surface area contributed by atoms with Gasteiger partial charge in [0.15, 0.2) is 10.8 Å². The molecule has 1 aromatic carbocycles. The summed E-state index contributed by atoms with van der Waals surface area (Å²) < 4.78 is 18.6. The molecule has 8 nitrogen and oxygen atoms in total. The Kier molecular flexibility index (Phi) is 4.78. The van der Waals surface area contributed by atoms with Crippen molar-refractivity contribution in [3.63, 3.8) is 0 Å². The Morgan fingerprint density at radius 2 is 2.11 bits per heavy atom. The van der Waals surface area contributed by atoms with Crippen LogP contribution in [0, 0.1) is 12.7 Å². The average Bonchev–Trinajstić information content (AvgIpc) is 3.28. The molecule has 3 heterocycles. The van der Waals surface area contributed by atoms with Crippen LogP contribution in [0.2, 0.25) is 0 Å². The van der Waals surface area contributed by atoms with Crippen LogP contribution < -0.4 is 10.6 Å². The highest BCUT2D eigenvalue weighted by Gasteiger charge is 2.25. The first kappa shape index (κ1) is 18.1. The van der Waals surface area contributed by atoms with E-state index in [-0.39, 0.29) is 17.4 Å². The van der Waals surface area contributed by atoms with Gasteiger partial charge in [-0.25, -0.2) is 14.2 Å². The zero-order valence-electron chi connectivity index (χ0n) is 14.9. The van der Waals surface area contributed by atoms with Crippen LogP contribution >= 0.6 is 11.3 Å². The standard InChI is InChI=1S/C18H16FN5O3S/c1-10-8-14(23-27-10)16(25)22-17-20-13-6-7-24(9-15(13)28-17)18(26)21-12-5-3-2-4-11(12)19/h2-5,8H,6-7,9H2,1H3,(H,21,26)(H,20,22,25). The number of aromatic nitrogens is 2. The highest BCUT2D eigenvalue weighted by atomic mass is 32.1. The molecule has 10 heteroatoms. The molecule has 0 radical (unpaired) electrons. The van der Waals surface area contributed by atoms with E-state index in [0.717, 1.165) is 10.6 Å². The van der Waals surface area contributed by atoms with Crippen molar-refractivity contribution < 1.29 is 18.5 Å². The molecule has 0 spiro atoms. The van der Waals surface area contributed by atoms with Gasteiger partial charge in [-0.2, -0.15) is 0 Å².